The summed E-state index contributed by atoms with van der Waals surface area (Å²) in [5.74, 6) is 0. The minimum Gasteiger partial charge on any atom is -0.442 e. The third-order valence-corrected chi connectivity index (χ3v) is 3.90. The second kappa shape index (κ2) is 6.23. The molecule has 4 nitrogen and oxygen atoms in total. The molecular formula is C14H23NO3. The lowest BCUT2D eigenvalue weighted by Gasteiger charge is -2.26. The molecule has 102 valence electrons. The standard InChI is InChI=1S/C14H23NO3/c1-11(12-5-7-13(17-2)8-6-12)18-14(16)15-9-3-4-10-15/h5,11,13H,3-4,6-10H2,1-2H3. The summed E-state index contributed by atoms with van der Waals surface area (Å²) < 4.78 is 10.8. The van der Waals surface area contributed by atoms with Crippen LogP contribution in [0.1, 0.15) is 39.0 Å². The quantitative estimate of drug-likeness (QED) is 0.726. The predicted molar refractivity (Wildman–Crippen MR) is 69.5 cm³/mol. The fourth-order valence-corrected chi connectivity index (χ4v) is 2.61. The Labute approximate surface area is 109 Å². The van der Waals surface area contributed by atoms with E-state index in [1.54, 1.807) is 12.0 Å². The van der Waals surface area contributed by atoms with Crippen LogP contribution in [0.2, 0.25) is 0 Å². The monoisotopic (exact) mass is 253 g/mol. The molecule has 0 spiro atoms. The van der Waals surface area contributed by atoms with Gasteiger partial charge in [-0.2, -0.15) is 0 Å². The first-order valence-corrected chi connectivity index (χ1v) is 6.88. The Hall–Kier alpha value is -1.03. The van der Waals surface area contributed by atoms with Crippen molar-refractivity contribution in [2.45, 2.75) is 51.2 Å². The number of rotatable bonds is 3. The molecule has 1 heterocycles. The second-order valence-corrected chi connectivity index (χ2v) is 5.13. The fourth-order valence-electron chi connectivity index (χ4n) is 2.61. The lowest BCUT2D eigenvalue weighted by molar-refractivity contribution is 0.0757. The van der Waals surface area contributed by atoms with Crippen LogP contribution in [0.25, 0.3) is 0 Å². The van der Waals surface area contributed by atoms with Gasteiger partial charge in [0, 0.05) is 20.2 Å². The van der Waals surface area contributed by atoms with E-state index in [0.717, 1.165) is 45.2 Å². The summed E-state index contributed by atoms with van der Waals surface area (Å²) in [6.45, 7) is 3.65. The number of carbonyl (C=O) groups excluding carboxylic acids is 1. The Kier molecular flexibility index (Phi) is 4.64. The van der Waals surface area contributed by atoms with Gasteiger partial charge in [-0.15, -0.1) is 0 Å². The summed E-state index contributed by atoms with van der Waals surface area (Å²) in [5.41, 5.74) is 1.23. The number of ether oxygens (including phenoxy) is 2. The van der Waals surface area contributed by atoms with Crippen LogP contribution in [0.4, 0.5) is 4.79 Å². The molecule has 18 heavy (non-hydrogen) atoms. The number of hydrogen-bond donors (Lipinski definition) is 0. The molecule has 2 atom stereocenters. The van der Waals surface area contributed by atoms with Gasteiger partial charge < -0.3 is 14.4 Å². The van der Waals surface area contributed by atoms with Crippen LogP contribution in [0.5, 0.6) is 0 Å². The SMILES string of the molecule is COC1CC=C(C(C)OC(=O)N2CCCC2)CC1. The molecule has 2 aliphatic rings. The maximum absolute atomic E-state index is 11.9. The number of hydrogen-bond acceptors (Lipinski definition) is 3. The van der Waals surface area contributed by atoms with Crippen molar-refractivity contribution >= 4 is 6.09 Å². The van der Waals surface area contributed by atoms with E-state index in [0.29, 0.717) is 6.10 Å². The summed E-state index contributed by atoms with van der Waals surface area (Å²) in [4.78, 5) is 13.7. The van der Waals surface area contributed by atoms with Crippen molar-refractivity contribution in [2.75, 3.05) is 20.2 Å². The highest BCUT2D eigenvalue weighted by molar-refractivity contribution is 5.68. The maximum Gasteiger partial charge on any atom is 0.410 e. The van der Waals surface area contributed by atoms with Crippen molar-refractivity contribution in [2.24, 2.45) is 0 Å². The first-order valence-electron chi connectivity index (χ1n) is 6.88. The van der Waals surface area contributed by atoms with E-state index in [4.69, 9.17) is 9.47 Å². The van der Waals surface area contributed by atoms with Gasteiger partial charge in [0.2, 0.25) is 0 Å². The van der Waals surface area contributed by atoms with E-state index in [2.05, 4.69) is 6.08 Å². The van der Waals surface area contributed by atoms with Crippen molar-refractivity contribution in [3.63, 3.8) is 0 Å². The van der Waals surface area contributed by atoms with Crippen LogP contribution < -0.4 is 0 Å². The van der Waals surface area contributed by atoms with Crippen LogP contribution in [0, 0.1) is 0 Å². The number of methoxy groups -OCH3 is 1. The molecule has 4 heteroatoms. The zero-order valence-electron chi connectivity index (χ0n) is 11.4. The molecule has 0 saturated carbocycles. The first kappa shape index (κ1) is 13.4. The average molecular weight is 253 g/mol. The Morgan fingerprint density at radius 3 is 2.72 bits per heavy atom. The van der Waals surface area contributed by atoms with E-state index < -0.39 is 0 Å². The number of carbonyl (C=O) groups is 1. The van der Waals surface area contributed by atoms with E-state index >= 15 is 0 Å². The predicted octanol–water partition coefficient (Wildman–Crippen LogP) is 2.73. The first-order chi connectivity index (χ1) is 8.70. The molecule has 1 saturated heterocycles. The lowest BCUT2D eigenvalue weighted by Crippen LogP contribution is -2.32. The topological polar surface area (TPSA) is 38.8 Å². The van der Waals surface area contributed by atoms with Crippen LogP contribution in [0.15, 0.2) is 11.6 Å². The summed E-state index contributed by atoms with van der Waals surface area (Å²) in [5, 5.41) is 0. The molecule has 1 amide bonds. The van der Waals surface area contributed by atoms with Crippen molar-refractivity contribution in [1.29, 1.82) is 0 Å². The molecule has 1 aliphatic heterocycles. The molecule has 0 bridgehead atoms. The van der Waals surface area contributed by atoms with Crippen LogP contribution in [-0.2, 0) is 9.47 Å². The van der Waals surface area contributed by atoms with E-state index in [1.165, 1.54) is 5.57 Å². The van der Waals surface area contributed by atoms with Crippen molar-refractivity contribution in [3.8, 4) is 0 Å². The summed E-state index contributed by atoms with van der Waals surface area (Å²) >= 11 is 0. The van der Waals surface area contributed by atoms with Gasteiger partial charge in [-0.3, -0.25) is 0 Å². The van der Waals surface area contributed by atoms with E-state index in [9.17, 15) is 4.79 Å². The van der Waals surface area contributed by atoms with Crippen molar-refractivity contribution in [3.05, 3.63) is 11.6 Å². The molecule has 0 aromatic carbocycles. The molecule has 1 aliphatic carbocycles. The van der Waals surface area contributed by atoms with E-state index in [1.807, 2.05) is 6.92 Å². The van der Waals surface area contributed by atoms with E-state index in [-0.39, 0.29) is 12.2 Å². The van der Waals surface area contributed by atoms with Gasteiger partial charge in [0.1, 0.15) is 6.10 Å². The molecular weight excluding hydrogens is 230 g/mol. The fraction of sp³-hybridized carbons (Fsp3) is 0.786. The van der Waals surface area contributed by atoms with Gasteiger partial charge in [-0.05, 0) is 44.6 Å². The molecule has 0 radical (unpaired) electrons. The van der Waals surface area contributed by atoms with Crippen LogP contribution in [-0.4, -0.2) is 43.4 Å². The highest BCUT2D eigenvalue weighted by Gasteiger charge is 2.24. The van der Waals surface area contributed by atoms with Gasteiger partial charge in [0.25, 0.3) is 0 Å². The molecule has 0 aromatic heterocycles. The van der Waals surface area contributed by atoms with Gasteiger partial charge in [0.15, 0.2) is 0 Å². The summed E-state index contributed by atoms with van der Waals surface area (Å²) in [6.07, 6.45) is 7.35. The Bertz CT molecular complexity index is 321. The second-order valence-electron chi connectivity index (χ2n) is 5.13. The van der Waals surface area contributed by atoms with Gasteiger partial charge in [-0.25, -0.2) is 4.79 Å². The Morgan fingerprint density at radius 2 is 2.17 bits per heavy atom. The zero-order valence-corrected chi connectivity index (χ0v) is 11.4. The number of likely N-dealkylation sites (tertiary alicyclic amines) is 1. The lowest BCUT2D eigenvalue weighted by atomic mass is 9.94. The molecule has 0 aromatic rings. The molecule has 2 rings (SSSR count). The summed E-state index contributed by atoms with van der Waals surface area (Å²) in [6, 6.07) is 0. The minimum absolute atomic E-state index is 0.101. The smallest absolute Gasteiger partial charge is 0.410 e. The van der Waals surface area contributed by atoms with Gasteiger partial charge in [0.05, 0.1) is 6.10 Å². The molecule has 1 fully saturated rings. The van der Waals surface area contributed by atoms with Crippen molar-refractivity contribution in [1.82, 2.24) is 4.90 Å². The van der Waals surface area contributed by atoms with Crippen LogP contribution >= 0.6 is 0 Å². The summed E-state index contributed by atoms with van der Waals surface area (Å²) in [7, 11) is 1.75. The zero-order chi connectivity index (χ0) is 13.0. The third kappa shape index (κ3) is 3.25. The number of nitrogens with zero attached hydrogens (tertiary/aromatic N) is 1. The van der Waals surface area contributed by atoms with Crippen LogP contribution in [0.3, 0.4) is 0 Å². The number of amides is 1. The minimum atomic E-state index is -0.158. The Morgan fingerprint density at radius 1 is 1.44 bits per heavy atom. The van der Waals surface area contributed by atoms with Gasteiger partial charge >= 0.3 is 6.09 Å². The van der Waals surface area contributed by atoms with Crippen molar-refractivity contribution < 1.29 is 14.3 Å². The molecule has 2 unspecified atom stereocenters. The van der Waals surface area contributed by atoms with Gasteiger partial charge in [-0.1, -0.05) is 6.08 Å². The normalized spacial score (nSPS) is 25.8. The average Bonchev–Trinajstić information content (AvgIpc) is 2.92. The largest absolute Gasteiger partial charge is 0.442 e. The highest BCUT2D eigenvalue weighted by Crippen LogP contribution is 2.24. The maximum atomic E-state index is 11.9. The highest BCUT2D eigenvalue weighted by atomic mass is 16.6. The third-order valence-electron chi connectivity index (χ3n) is 3.90. The molecule has 0 N–H and O–H groups in total. The Balaban J connectivity index is 1.82.